The fourth-order valence-corrected chi connectivity index (χ4v) is 6.00. The van der Waals surface area contributed by atoms with Crippen LogP contribution in [0.4, 0.5) is 5.69 Å². The Morgan fingerprint density at radius 3 is 2.17 bits per heavy atom. The smallest absolute Gasteiger partial charge is 0.253 e. The molecule has 1 saturated heterocycles. The van der Waals surface area contributed by atoms with Gasteiger partial charge in [-0.2, -0.15) is 0 Å². The number of aromatic nitrogens is 1. The number of anilines is 1. The lowest BCUT2D eigenvalue weighted by atomic mass is 10.1. The molecule has 1 amide bonds. The largest absolute Gasteiger partial charge is 0.368 e. The molecule has 0 atom stereocenters. The van der Waals surface area contributed by atoms with Gasteiger partial charge in [0.2, 0.25) is 10.0 Å². The molecular weight excluding hydrogens is 462 g/mol. The van der Waals surface area contributed by atoms with E-state index in [0.29, 0.717) is 60.1 Å². The first-order valence-corrected chi connectivity index (χ1v) is 13.0. The van der Waals surface area contributed by atoms with Gasteiger partial charge >= 0.3 is 0 Å². The number of carbonyl (C=O) groups excluding carboxylic acids is 2. The number of piperazine rings is 1. The highest BCUT2D eigenvalue weighted by Gasteiger charge is 2.24. The van der Waals surface area contributed by atoms with Crippen LogP contribution in [0.5, 0.6) is 0 Å². The van der Waals surface area contributed by atoms with Crippen LogP contribution in [0.3, 0.4) is 0 Å². The molecule has 0 unspecified atom stereocenters. The van der Waals surface area contributed by atoms with Gasteiger partial charge in [-0.05, 0) is 35.9 Å². The van der Waals surface area contributed by atoms with Crippen LogP contribution in [0.1, 0.15) is 26.3 Å². The Bertz CT molecular complexity index is 1470. The maximum atomic E-state index is 13.1. The first-order valence-electron chi connectivity index (χ1n) is 11.4. The molecule has 0 saturated carbocycles. The summed E-state index contributed by atoms with van der Waals surface area (Å²) in [7, 11) is -3.71. The van der Waals surface area contributed by atoms with Crippen LogP contribution >= 0.6 is 0 Å². The van der Waals surface area contributed by atoms with E-state index < -0.39 is 10.0 Å². The third-order valence-electron chi connectivity index (χ3n) is 6.36. The van der Waals surface area contributed by atoms with Crippen molar-refractivity contribution in [3.05, 3.63) is 102 Å². The van der Waals surface area contributed by atoms with Gasteiger partial charge in [0.25, 0.3) is 5.91 Å². The summed E-state index contributed by atoms with van der Waals surface area (Å²) in [4.78, 5) is 28.5. The number of hydrogen-bond acceptors (Lipinski definition) is 5. The van der Waals surface area contributed by atoms with Crippen molar-refractivity contribution in [1.29, 1.82) is 0 Å². The van der Waals surface area contributed by atoms with Gasteiger partial charge in [0.1, 0.15) is 0 Å². The van der Waals surface area contributed by atoms with Crippen LogP contribution in [0.2, 0.25) is 0 Å². The topological polar surface area (TPSA) is 79.7 Å². The summed E-state index contributed by atoms with van der Waals surface area (Å²) in [6, 6.07) is 23.7. The number of hydrogen-bond donors (Lipinski definition) is 0. The van der Waals surface area contributed by atoms with E-state index in [2.05, 4.69) is 4.90 Å². The molecule has 0 bridgehead atoms. The third kappa shape index (κ3) is 4.57. The predicted octanol–water partition coefficient (Wildman–Crippen LogP) is 3.79. The summed E-state index contributed by atoms with van der Waals surface area (Å²) in [6.45, 7) is 2.46. The Morgan fingerprint density at radius 2 is 1.51 bits per heavy atom. The first kappa shape index (κ1) is 22.9. The highest BCUT2D eigenvalue weighted by atomic mass is 32.2. The highest BCUT2D eigenvalue weighted by molar-refractivity contribution is 7.89. The van der Waals surface area contributed by atoms with E-state index in [1.165, 1.54) is 10.2 Å². The molecule has 0 spiro atoms. The summed E-state index contributed by atoms with van der Waals surface area (Å²) in [5.74, 6) is -0.139. The molecule has 1 aliphatic rings. The molecular formula is C27H25N3O4S. The highest BCUT2D eigenvalue weighted by Crippen LogP contribution is 2.29. The number of nitrogens with zero attached hydrogens (tertiary/aromatic N) is 3. The van der Waals surface area contributed by atoms with E-state index in [4.69, 9.17) is 0 Å². The Morgan fingerprint density at radius 1 is 0.857 bits per heavy atom. The second-order valence-corrected chi connectivity index (χ2v) is 10.4. The maximum Gasteiger partial charge on any atom is 0.253 e. The first-order chi connectivity index (χ1) is 17.0. The van der Waals surface area contributed by atoms with Crippen LogP contribution in [-0.4, -0.2) is 55.7 Å². The third-order valence-corrected chi connectivity index (χ3v) is 7.96. The molecule has 0 radical (unpaired) electrons. The van der Waals surface area contributed by atoms with Crippen molar-refractivity contribution in [2.45, 2.75) is 5.75 Å². The fraction of sp³-hybridized carbons (Fsp3) is 0.185. The van der Waals surface area contributed by atoms with E-state index in [1.54, 1.807) is 30.3 Å². The number of carbonyl (C=O) groups is 2. The second-order valence-electron chi connectivity index (χ2n) is 8.59. The van der Waals surface area contributed by atoms with Crippen molar-refractivity contribution < 1.29 is 18.0 Å². The lowest BCUT2D eigenvalue weighted by Crippen LogP contribution is -2.48. The number of rotatable bonds is 6. The van der Waals surface area contributed by atoms with Crippen molar-refractivity contribution in [3.8, 4) is 0 Å². The minimum absolute atomic E-state index is 0.0182. The zero-order valence-electron chi connectivity index (χ0n) is 19.1. The van der Waals surface area contributed by atoms with Gasteiger partial charge in [0.15, 0.2) is 6.29 Å². The van der Waals surface area contributed by atoms with E-state index in [-0.39, 0.29) is 11.7 Å². The molecule has 1 fully saturated rings. The molecule has 1 aromatic heterocycles. The molecule has 0 N–H and O–H groups in total. The van der Waals surface area contributed by atoms with Crippen LogP contribution in [-0.2, 0) is 15.8 Å². The molecule has 4 aromatic rings. The Kier molecular flexibility index (Phi) is 6.13. The molecule has 178 valence electrons. The van der Waals surface area contributed by atoms with Gasteiger partial charge in [-0.1, -0.05) is 48.5 Å². The standard InChI is InChI=1S/C27H25N3O4S/c31-19-23-18-30(35(33,34)20-21-7-3-1-4-8-21)26-12-11-24(17-25(23)26)28-13-15-29(16-14-28)27(32)22-9-5-2-6-10-22/h1-12,17-19H,13-16,20H2. The normalized spacial score (nSPS) is 14.3. The number of fused-ring (bicyclic) bond motifs is 1. The van der Waals surface area contributed by atoms with Gasteiger partial charge < -0.3 is 9.80 Å². The summed E-state index contributed by atoms with van der Waals surface area (Å²) < 4.78 is 27.5. The van der Waals surface area contributed by atoms with E-state index >= 15 is 0 Å². The zero-order chi connectivity index (χ0) is 24.4. The van der Waals surface area contributed by atoms with Crippen molar-refractivity contribution in [2.24, 2.45) is 0 Å². The molecule has 2 heterocycles. The maximum absolute atomic E-state index is 13.1. The van der Waals surface area contributed by atoms with Gasteiger partial charge in [0, 0.05) is 54.6 Å². The van der Waals surface area contributed by atoms with Crippen LogP contribution in [0, 0.1) is 0 Å². The summed E-state index contributed by atoms with van der Waals surface area (Å²) in [6.07, 6.45) is 2.09. The molecule has 1 aliphatic heterocycles. The van der Waals surface area contributed by atoms with E-state index in [0.717, 1.165) is 5.69 Å². The SMILES string of the molecule is O=Cc1cn(S(=O)(=O)Cc2ccccc2)c2ccc(N3CCN(C(=O)c4ccccc4)CC3)cc12. The molecule has 8 heteroatoms. The molecule has 5 rings (SSSR count). The van der Waals surface area contributed by atoms with Crippen molar-refractivity contribution in [3.63, 3.8) is 0 Å². The minimum Gasteiger partial charge on any atom is -0.368 e. The number of aldehydes is 1. The Hall–Kier alpha value is -3.91. The van der Waals surface area contributed by atoms with Crippen LogP contribution in [0.25, 0.3) is 10.9 Å². The molecule has 7 nitrogen and oxygen atoms in total. The van der Waals surface area contributed by atoms with E-state index in [9.17, 15) is 18.0 Å². The predicted molar refractivity (Wildman–Crippen MR) is 136 cm³/mol. The number of amides is 1. The van der Waals surface area contributed by atoms with E-state index in [1.807, 2.05) is 53.4 Å². The molecule has 3 aromatic carbocycles. The molecule has 0 aliphatic carbocycles. The van der Waals surface area contributed by atoms with Crippen molar-refractivity contribution >= 4 is 38.8 Å². The Balaban J connectivity index is 1.38. The second kappa shape index (κ2) is 9.38. The monoisotopic (exact) mass is 487 g/mol. The van der Waals surface area contributed by atoms with Gasteiger partial charge in [-0.25, -0.2) is 12.4 Å². The van der Waals surface area contributed by atoms with Crippen LogP contribution in [0.15, 0.2) is 85.1 Å². The fourth-order valence-electron chi connectivity index (χ4n) is 4.52. The van der Waals surface area contributed by atoms with Crippen molar-refractivity contribution in [2.75, 3.05) is 31.1 Å². The minimum atomic E-state index is -3.71. The van der Waals surface area contributed by atoms with Gasteiger partial charge in [-0.3, -0.25) is 9.59 Å². The van der Waals surface area contributed by atoms with Gasteiger partial charge in [0.05, 0.1) is 11.3 Å². The molecule has 35 heavy (non-hydrogen) atoms. The van der Waals surface area contributed by atoms with Crippen LogP contribution < -0.4 is 4.90 Å². The lowest BCUT2D eigenvalue weighted by Gasteiger charge is -2.36. The summed E-state index contributed by atoms with van der Waals surface area (Å²) in [5.41, 5.74) is 3.06. The quantitative estimate of drug-likeness (QED) is 0.387. The lowest BCUT2D eigenvalue weighted by molar-refractivity contribution is 0.0746. The average Bonchev–Trinajstić information content (AvgIpc) is 3.28. The average molecular weight is 488 g/mol. The summed E-state index contributed by atoms with van der Waals surface area (Å²) in [5, 5.41) is 0.594. The Labute approximate surface area is 204 Å². The summed E-state index contributed by atoms with van der Waals surface area (Å²) >= 11 is 0. The van der Waals surface area contributed by atoms with Crippen molar-refractivity contribution in [1.82, 2.24) is 8.87 Å². The zero-order valence-corrected chi connectivity index (χ0v) is 19.9. The number of benzene rings is 3. The van der Waals surface area contributed by atoms with Gasteiger partial charge in [-0.15, -0.1) is 0 Å².